The third-order valence-electron chi connectivity index (χ3n) is 3.53. The Labute approximate surface area is 124 Å². The van der Waals surface area contributed by atoms with Gasteiger partial charge in [-0.1, -0.05) is 0 Å². The lowest BCUT2D eigenvalue weighted by atomic mass is 10.1. The molecule has 110 valence electrons. The van der Waals surface area contributed by atoms with Crippen LogP contribution >= 0.6 is 0 Å². The molecule has 3 rings (SSSR count). The molecule has 0 radical (unpaired) electrons. The van der Waals surface area contributed by atoms with Crippen LogP contribution in [0.2, 0.25) is 0 Å². The van der Waals surface area contributed by atoms with Gasteiger partial charge in [0, 0.05) is 38.3 Å². The van der Waals surface area contributed by atoms with Crippen molar-refractivity contribution < 1.29 is 4.74 Å². The molecule has 0 aliphatic carbocycles. The predicted octanol–water partition coefficient (Wildman–Crippen LogP) is 1.93. The number of ether oxygens (including phenoxy) is 1. The van der Waals surface area contributed by atoms with Crippen LogP contribution in [0.1, 0.15) is 24.2 Å². The van der Waals surface area contributed by atoms with Crippen molar-refractivity contribution in [3.63, 3.8) is 0 Å². The third-order valence-corrected chi connectivity index (χ3v) is 3.53. The van der Waals surface area contributed by atoms with Gasteiger partial charge in [0.25, 0.3) is 0 Å². The van der Waals surface area contributed by atoms with Crippen molar-refractivity contribution in [2.45, 2.75) is 32.8 Å². The molecule has 0 amide bonds. The Balaban J connectivity index is 1.58. The molecule has 1 fully saturated rings. The molecule has 1 saturated heterocycles. The number of anilines is 1. The average molecular weight is 285 g/mol. The molecule has 1 aliphatic heterocycles. The molecule has 3 heterocycles. The molecule has 0 unspecified atom stereocenters. The maximum absolute atomic E-state index is 5.91. The number of hydrogen-bond donors (Lipinski definition) is 0. The van der Waals surface area contributed by atoms with Crippen molar-refractivity contribution in [2.24, 2.45) is 0 Å². The minimum atomic E-state index is 0.190. The highest BCUT2D eigenvalue weighted by molar-refractivity contribution is 5.36. The molecular weight excluding hydrogens is 266 g/mol. The van der Waals surface area contributed by atoms with E-state index in [2.05, 4.69) is 24.8 Å². The Hall–Kier alpha value is -2.24. The summed E-state index contributed by atoms with van der Waals surface area (Å²) in [4.78, 5) is 19.4. The van der Waals surface area contributed by atoms with Crippen LogP contribution in [0.4, 0.5) is 5.82 Å². The van der Waals surface area contributed by atoms with Crippen LogP contribution in [0.3, 0.4) is 0 Å². The molecule has 6 nitrogen and oxygen atoms in total. The second-order valence-corrected chi connectivity index (χ2v) is 5.32. The van der Waals surface area contributed by atoms with Gasteiger partial charge in [-0.15, -0.1) is 0 Å². The molecule has 0 aromatic carbocycles. The summed E-state index contributed by atoms with van der Waals surface area (Å²) in [5, 5.41) is 0. The quantitative estimate of drug-likeness (QED) is 0.858. The molecule has 6 heteroatoms. The number of hydrogen-bond acceptors (Lipinski definition) is 6. The molecule has 2 aromatic rings. The zero-order valence-corrected chi connectivity index (χ0v) is 12.4. The number of nitrogens with zero attached hydrogens (tertiary/aromatic N) is 5. The average Bonchev–Trinajstić information content (AvgIpc) is 2.48. The van der Waals surface area contributed by atoms with Gasteiger partial charge in [-0.3, -0.25) is 9.97 Å². The summed E-state index contributed by atoms with van der Waals surface area (Å²) in [5.74, 6) is 1.56. The van der Waals surface area contributed by atoms with Gasteiger partial charge in [-0.25, -0.2) is 9.97 Å². The largest absolute Gasteiger partial charge is 0.473 e. The summed E-state index contributed by atoms with van der Waals surface area (Å²) >= 11 is 0. The fourth-order valence-corrected chi connectivity index (χ4v) is 2.47. The minimum Gasteiger partial charge on any atom is -0.473 e. The van der Waals surface area contributed by atoms with E-state index in [-0.39, 0.29) is 6.10 Å². The van der Waals surface area contributed by atoms with E-state index in [0.717, 1.165) is 43.1 Å². The van der Waals surface area contributed by atoms with Crippen molar-refractivity contribution in [2.75, 3.05) is 18.0 Å². The number of aryl methyl sites for hydroxylation is 2. The van der Waals surface area contributed by atoms with Crippen LogP contribution < -0.4 is 9.64 Å². The molecule has 21 heavy (non-hydrogen) atoms. The molecule has 0 bridgehead atoms. The van der Waals surface area contributed by atoms with E-state index in [1.807, 2.05) is 20.0 Å². The zero-order valence-electron chi connectivity index (χ0n) is 12.4. The van der Waals surface area contributed by atoms with Crippen LogP contribution in [-0.4, -0.2) is 39.1 Å². The smallest absolute Gasteiger partial charge is 0.232 e. The summed E-state index contributed by atoms with van der Waals surface area (Å²) in [6, 6.07) is 0. The Morgan fingerprint density at radius 2 is 1.62 bits per heavy atom. The summed E-state index contributed by atoms with van der Waals surface area (Å²) in [7, 11) is 0. The number of aromatic nitrogens is 4. The summed E-state index contributed by atoms with van der Waals surface area (Å²) in [6.07, 6.45) is 9.08. The second kappa shape index (κ2) is 6.03. The first-order valence-electron chi connectivity index (χ1n) is 7.19. The van der Waals surface area contributed by atoms with E-state index >= 15 is 0 Å². The summed E-state index contributed by atoms with van der Waals surface area (Å²) in [6.45, 7) is 5.71. The summed E-state index contributed by atoms with van der Waals surface area (Å²) in [5.41, 5.74) is 1.82. The van der Waals surface area contributed by atoms with Gasteiger partial charge >= 0.3 is 0 Å². The Bertz CT molecular complexity index is 611. The predicted molar refractivity (Wildman–Crippen MR) is 79.4 cm³/mol. The van der Waals surface area contributed by atoms with E-state index < -0.39 is 0 Å². The molecule has 1 aliphatic rings. The van der Waals surface area contributed by atoms with E-state index in [4.69, 9.17) is 4.74 Å². The van der Waals surface area contributed by atoms with Crippen LogP contribution in [0.25, 0.3) is 0 Å². The van der Waals surface area contributed by atoms with E-state index in [1.165, 1.54) is 0 Å². The monoisotopic (exact) mass is 285 g/mol. The molecule has 0 N–H and O–H groups in total. The number of piperidine rings is 1. The third kappa shape index (κ3) is 3.45. The van der Waals surface area contributed by atoms with E-state index in [9.17, 15) is 0 Å². The zero-order chi connectivity index (χ0) is 14.7. The van der Waals surface area contributed by atoms with Crippen LogP contribution in [0.15, 0.2) is 24.8 Å². The molecule has 0 saturated carbocycles. The maximum Gasteiger partial charge on any atom is 0.232 e. The second-order valence-electron chi connectivity index (χ2n) is 5.32. The van der Waals surface area contributed by atoms with Crippen LogP contribution in [-0.2, 0) is 0 Å². The van der Waals surface area contributed by atoms with E-state index in [1.54, 1.807) is 18.6 Å². The SMILES string of the molecule is Cc1cncc(OC2CCN(c3cncc(C)n3)CC2)n1. The molecule has 0 spiro atoms. The standard InChI is InChI=1S/C15H19N5O/c1-11-7-16-9-14(18-11)20-5-3-13(4-6-20)21-15-10-17-8-12(2)19-15/h7-10,13H,3-6H2,1-2H3. The Morgan fingerprint density at radius 1 is 0.952 bits per heavy atom. The first-order chi connectivity index (χ1) is 10.2. The van der Waals surface area contributed by atoms with Crippen LogP contribution in [0, 0.1) is 13.8 Å². The highest BCUT2D eigenvalue weighted by Crippen LogP contribution is 2.20. The topological polar surface area (TPSA) is 64.0 Å². The fraction of sp³-hybridized carbons (Fsp3) is 0.467. The van der Waals surface area contributed by atoms with Crippen molar-refractivity contribution in [1.29, 1.82) is 0 Å². The van der Waals surface area contributed by atoms with Gasteiger partial charge in [-0.2, -0.15) is 0 Å². The van der Waals surface area contributed by atoms with Gasteiger partial charge in [0.05, 0.1) is 23.8 Å². The Kier molecular flexibility index (Phi) is 3.94. The van der Waals surface area contributed by atoms with Crippen molar-refractivity contribution >= 4 is 5.82 Å². The molecule has 2 aromatic heterocycles. The first kappa shape index (κ1) is 13.7. The lowest BCUT2D eigenvalue weighted by Gasteiger charge is -2.32. The lowest BCUT2D eigenvalue weighted by Crippen LogP contribution is -2.39. The highest BCUT2D eigenvalue weighted by Gasteiger charge is 2.22. The van der Waals surface area contributed by atoms with Gasteiger partial charge in [-0.05, 0) is 13.8 Å². The van der Waals surface area contributed by atoms with Gasteiger partial charge in [0.2, 0.25) is 5.88 Å². The summed E-state index contributed by atoms with van der Waals surface area (Å²) < 4.78 is 5.91. The van der Waals surface area contributed by atoms with Gasteiger partial charge in [0.1, 0.15) is 11.9 Å². The lowest BCUT2D eigenvalue weighted by molar-refractivity contribution is 0.163. The van der Waals surface area contributed by atoms with E-state index in [0.29, 0.717) is 5.88 Å². The molecule has 0 atom stereocenters. The van der Waals surface area contributed by atoms with Crippen molar-refractivity contribution in [1.82, 2.24) is 19.9 Å². The van der Waals surface area contributed by atoms with Gasteiger partial charge in [0.15, 0.2) is 0 Å². The normalized spacial score (nSPS) is 16.0. The maximum atomic E-state index is 5.91. The fourth-order valence-electron chi connectivity index (χ4n) is 2.47. The van der Waals surface area contributed by atoms with Gasteiger partial charge < -0.3 is 9.64 Å². The number of rotatable bonds is 3. The van der Waals surface area contributed by atoms with Crippen LogP contribution in [0.5, 0.6) is 5.88 Å². The Morgan fingerprint density at radius 3 is 2.29 bits per heavy atom. The van der Waals surface area contributed by atoms with Crippen molar-refractivity contribution in [3.05, 3.63) is 36.2 Å². The van der Waals surface area contributed by atoms with Crippen molar-refractivity contribution in [3.8, 4) is 5.88 Å². The molecular formula is C15H19N5O. The highest BCUT2D eigenvalue weighted by atomic mass is 16.5. The first-order valence-corrected chi connectivity index (χ1v) is 7.19. The minimum absolute atomic E-state index is 0.190.